The van der Waals surface area contributed by atoms with E-state index < -0.39 is 5.41 Å². The second-order valence-electron chi connectivity index (χ2n) is 12.0. The van der Waals surface area contributed by atoms with Crippen LogP contribution in [0.1, 0.15) is 44.5 Å². The molecule has 6 aromatic carbocycles. The predicted octanol–water partition coefficient (Wildman–Crippen LogP) is 10.0. The topological polar surface area (TPSA) is 70.5 Å². The Kier molecular flexibility index (Phi) is 6.86. The number of anilines is 2. The van der Waals surface area contributed by atoms with Crippen molar-refractivity contribution in [3.63, 3.8) is 0 Å². The summed E-state index contributed by atoms with van der Waals surface area (Å²) in [6, 6.07) is 42.2. The molecule has 222 valence electrons. The summed E-state index contributed by atoms with van der Waals surface area (Å²) < 4.78 is 12.7. The molecule has 4 heteroatoms. The van der Waals surface area contributed by atoms with Crippen molar-refractivity contribution >= 4 is 11.4 Å². The van der Waals surface area contributed by atoms with Crippen LogP contribution in [0, 0.1) is 27.7 Å². The van der Waals surface area contributed by atoms with E-state index in [0.717, 1.165) is 45.3 Å². The maximum atomic E-state index is 6.34. The lowest BCUT2D eigenvalue weighted by atomic mass is 9.67. The Hall–Kier alpha value is -5.48. The molecule has 0 amide bonds. The second kappa shape index (κ2) is 10.9. The number of ether oxygens (including phenoxy) is 2. The molecule has 0 atom stereocenters. The van der Waals surface area contributed by atoms with Crippen LogP contribution in [0.4, 0.5) is 11.4 Å². The number of hydrogen-bond donors (Lipinski definition) is 2. The Morgan fingerprint density at radius 2 is 0.867 bits per heavy atom. The van der Waals surface area contributed by atoms with E-state index in [4.69, 9.17) is 20.9 Å². The summed E-state index contributed by atoms with van der Waals surface area (Å²) in [4.78, 5) is 0. The van der Waals surface area contributed by atoms with Gasteiger partial charge >= 0.3 is 0 Å². The van der Waals surface area contributed by atoms with Crippen molar-refractivity contribution in [3.8, 4) is 34.1 Å². The molecule has 0 fully saturated rings. The van der Waals surface area contributed by atoms with Crippen LogP contribution < -0.4 is 20.9 Å². The lowest BCUT2D eigenvalue weighted by molar-refractivity contribution is 0.478. The molecule has 0 aromatic heterocycles. The fraction of sp³-hybridized carbons (Fsp3) is 0.122. The van der Waals surface area contributed by atoms with Crippen molar-refractivity contribution in [2.24, 2.45) is 0 Å². The first-order valence-electron chi connectivity index (χ1n) is 15.3. The Morgan fingerprint density at radius 1 is 0.444 bits per heavy atom. The average Bonchev–Trinajstić information content (AvgIpc) is 3.34. The molecule has 0 aliphatic heterocycles. The third-order valence-electron chi connectivity index (χ3n) is 9.13. The molecule has 0 spiro atoms. The van der Waals surface area contributed by atoms with Crippen molar-refractivity contribution in [2.75, 3.05) is 11.5 Å². The molecule has 0 saturated carbocycles. The lowest BCUT2D eigenvalue weighted by Crippen LogP contribution is -2.28. The third kappa shape index (κ3) is 4.70. The van der Waals surface area contributed by atoms with Gasteiger partial charge in [0.15, 0.2) is 0 Å². The number of hydrogen-bond acceptors (Lipinski definition) is 4. The van der Waals surface area contributed by atoms with Crippen LogP contribution in [0.25, 0.3) is 11.1 Å². The number of nitrogen functional groups attached to an aromatic ring is 2. The number of nitrogens with two attached hydrogens (primary N) is 2. The minimum Gasteiger partial charge on any atom is -0.457 e. The molecule has 45 heavy (non-hydrogen) atoms. The Balaban J connectivity index is 1.38. The van der Waals surface area contributed by atoms with Crippen LogP contribution in [-0.4, -0.2) is 0 Å². The van der Waals surface area contributed by atoms with E-state index in [2.05, 4.69) is 98.8 Å². The Morgan fingerprint density at radius 3 is 1.27 bits per heavy atom. The number of aryl methyl sites for hydroxylation is 4. The fourth-order valence-electron chi connectivity index (χ4n) is 6.64. The zero-order valence-electron chi connectivity index (χ0n) is 26.0. The molecule has 4 nitrogen and oxygen atoms in total. The summed E-state index contributed by atoms with van der Waals surface area (Å²) in [5.41, 5.74) is 24.7. The van der Waals surface area contributed by atoms with E-state index in [0.29, 0.717) is 11.4 Å². The van der Waals surface area contributed by atoms with Gasteiger partial charge in [0.25, 0.3) is 0 Å². The zero-order chi connectivity index (χ0) is 31.3. The first-order valence-corrected chi connectivity index (χ1v) is 15.3. The highest BCUT2D eigenvalue weighted by molar-refractivity contribution is 5.86. The van der Waals surface area contributed by atoms with Crippen LogP contribution in [0.3, 0.4) is 0 Å². The van der Waals surface area contributed by atoms with E-state index >= 15 is 0 Å². The lowest BCUT2D eigenvalue weighted by Gasteiger charge is -2.34. The van der Waals surface area contributed by atoms with E-state index in [9.17, 15) is 0 Å². The van der Waals surface area contributed by atoms with Gasteiger partial charge in [-0.1, -0.05) is 84.9 Å². The molecule has 0 radical (unpaired) electrons. The smallest absolute Gasteiger partial charge is 0.130 e. The van der Waals surface area contributed by atoms with Crippen LogP contribution in [0.5, 0.6) is 23.0 Å². The van der Waals surface area contributed by atoms with E-state index in [-0.39, 0.29) is 0 Å². The predicted molar refractivity (Wildman–Crippen MR) is 185 cm³/mol. The summed E-state index contributed by atoms with van der Waals surface area (Å²) in [6.45, 7) is 8.20. The molecule has 6 aromatic rings. The summed E-state index contributed by atoms with van der Waals surface area (Å²) in [7, 11) is 0. The molecular weight excluding hydrogens is 552 g/mol. The van der Waals surface area contributed by atoms with Gasteiger partial charge < -0.3 is 20.9 Å². The van der Waals surface area contributed by atoms with Crippen LogP contribution >= 0.6 is 0 Å². The third-order valence-corrected chi connectivity index (χ3v) is 9.13. The molecule has 7 rings (SSSR count). The minimum absolute atomic E-state index is 0.539. The molecule has 0 unspecified atom stereocenters. The highest BCUT2D eigenvalue weighted by Gasteiger charge is 2.46. The first kappa shape index (κ1) is 28.3. The molecule has 0 bridgehead atoms. The van der Waals surface area contributed by atoms with Crippen LogP contribution in [0.15, 0.2) is 121 Å². The number of rotatable bonds is 6. The molecule has 4 N–H and O–H groups in total. The summed E-state index contributed by atoms with van der Waals surface area (Å²) in [6.07, 6.45) is 0. The largest absolute Gasteiger partial charge is 0.457 e. The van der Waals surface area contributed by atoms with Crippen molar-refractivity contribution in [1.82, 2.24) is 0 Å². The summed E-state index contributed by atoms with van der Waals surface area (Å²) in [5, 5.41) is 0. The van der Waals surface area contributed by atoms with Gasteiger partial charge in [-0.15, -0.1) is 0 Å². The molecule has 0 heterocycles. The average molecular weight is 589 g/mol. The zero-order valence-corrected chi connectivity index (χ0v) is 26.0. The number of fused-ring (bicyclic) bond motifs is 3. The van der Waals surface area contributed by atoms with Crippen LogP contribution in [0.2, 0.25) is 0 Å². The van der Waals surface area contributed by atoms with Crippen molar-refractivity contribution in [3.05, 3.63) is 166 Å². The highest BCUT2D eigenvalue weighted by atomic mass is 16.5. The normalized spacial score (nSPS) is 12.8. The molecule has 1 aliphatic carbocycles. The van der Waals surface area contributed by atoms with Crippen molar-refractivity contribution in [2.45, 2.75) is 33.1 Å². The van der Waals surface area contributed by atoms with E-state index in [1.54, 1.807) is 0 Å². The monoisotopic (exact) mass is 588 g/mol. The van der Waals surface area contributed by atoms with Gasteiger partial charge in [0.05, 0.1) is 5.41 Å². The van der Waals surface area contributed by atoms with Gasteiger partial charge in [0.1, 0.15) is 23.0 Å². The van der Waals surface area contributed by atoms with E-state index in [1.807, 2.05) is 50.2 Å². The molecular formula is C41H36N2O2. The highest BCUT2D eigenvalue weighted by Crippen LogP contribution is 2.56. The number of benzene rings is 6. The summed E-state index contributed by atoms with van der Waals surface area (Å²) in [5.74, 6) is 3.05. The van der Waals surface area contributed by atoms with Crippen molar-refractivity contribution < 1.29 is 9.47 Å². The van der Waals surface area contributed by atoms with E-state index in [1.165, 1.54) is 33.4 Å². The second-order valence-corrected chi connectivity index (χ2v) is 12.0. The van der Waals surface area contributed by atoms with Crippen LogP contribution in [-0.2, 0) is 5.41 Å². The molecule has 1 aliphatic rings. The van der Waals surface area contributed by atoms with Gasteiger partial charge in [0.2, 0.25) is 0 Å². The van der Waals surface area contributed by atoms with Gasteiger partial charge in [0, 0.05) is 23.5 Å². The quantitative estimate of drug-likeness (QED) is 0.190. The Labute approximate surface area is 264 Å². The molecule has 0 saturated heterocycles. The fourth-order valence-corrected chi connectivity index (χ4v) is 6.64. The maximum Gasteiger partial charge on any atom is 0.130 e. The van der Waals surface area contributed by atoms with Crippen molar-refractivity contribution in [1.29, 1.82) is 0 Å². The first-order chi connectivity index (χ1) is 21.8. The standard InChI is InChI=1S/C41H36N2O2/c1-25-13-17-31(23-37(25)42)44-39-19-15-29(21-27(39)3)41(35-11-7-5-9-33(35)34-10-6-8-12-36(34)41)30-16-20-40(28(4)22-30)45-32-18-14-26(2)38(43)24-32/h5-24H,42-43H2,1-4H3. The summed E-state index contributed by atoms with van der Waals surface area (Å²) >= 11 is 0. The van der Waals surface area contributed by atoms with Gasteiger partial charge in [-0.3, -0.25) is 0 Å². The Bertz CT molecular complexity index is 1940. The SMILES string of the molecule is Cc1ccc(Oc2ccc(C3(c4ccc(Oc5ccc(C)c(N)c5)c(C)c4)c4ccccc4-c4ccccc43)cc2C)cc1N. The van der Waals surface area contributed by atoms with Gasteiger partial charge in [-0.05, 0) is 108 Å². The minimum atomic E-state index is -0.539. The van der Waals surface area contributed by atoms with Gasteiger partial charge in [-0.2, -0.15) is 0 Å². The maximum absolute atomic E-state index is 6.34. The van der Waals surface area contributed by atoms with Gasteiger partial charge in [-0.25, -0.2) is 0 Å².